The van der Waals surface area contributed by atoms with E-state index in [0.717, 1.165) is 12.8 Å². The van der Waals surface area contributed by atoms with E-state index in [1.807, 2.05) is 0 Å². The molecule has 1 saturated carbocycles. The number of amides is 1. The first-order valence-electron chi connectivity index (χ1n) is 4.24. The standard InChI is InChI=1S/C7H14N2O3S/c8-7(10)5-3-1-2-4-6(5)13(9,11)12/h5-6H,1-4H2,(H2,8,10)(H2,9,11,12)/t5-,6+/m1/s1. The van der Waals surface area contributed by atoms with E-state index in [0.29, 0.717) is 12.8 Å². The van der Waals surface area contributed by atoms with Gasteiger partial charge in [0.1, 0.15) is 0 Å². The molecule has 0 bridgehead atoms. The van der Waals surface area contributed by atoms with Gasteiger partial charge in [0, 0.05) is 0 Å². The van der Waals surface area contributed by atoms with Gasteiger partial charge < -0.3 is 5.73 Å². The number of rotatable bonds is 2. The third-order valence-electron chi connectivity index (χ3n) is 2.49. The average molecular weight is 206 g/mol. The predicted octanol–water partition coefficient (Wildman–Crippen LogP) is -0.681. The zero-order valence-corrected chi connectivity index (χ0v) is 8.09. The highest BCUT2D eigenvalue weighted by Gasteiger charge is 2.36. The Hall–Kier alpha value is -0.620. The molecule has 13 heavy (non-hydrogen) atoms. The number of hydrogen-bond donors (Lipinski definition) is 2. The summed E-state index contributed by atoms with van der Waals surface area (Å²) in [6.07, 6.45) is 2.63. The maximum atomic E-state index is 11.1. The number of carbonyl (C=O) groups excluding carboxylic acids is 1. The van der Waals surface area contributed by atoms with Gasteiger partial charge in [-0.25, -0.2) is 13.6 Å². The molecule has 5 nitrogen and oxygen atoms in total. The molecule has 2 atom stereocenters. The van der Waals surface area contributed by atoms with Crippen LogP contribution in [0.5, 0.6) is 0 Å². The lowest BCUT2D eigenvalue weighted by atomic mass is 9.88. The van der Waals surface area contributed by atoms with Crippen LogP contribution in [0.25, 0.3) is 0 Å². The van der Waals surface area contributed by atoms with Crippen LogP contribution >= 0.6 is 0 Å². The number of hydrogen-bond acceptors (Lipinski definition) is 3. The SMILES string of the molecule is NC(=O)[C@@H]1CCCC[C@@H]1S(N)(=O)=O. The summed E-state index contributed by atoms with van der Waals surface area (Å²) in [6, 6.07) is 0. The quantitative estimate of drug-likeness (QED) is 0.625. The second kappa shape index (κ2) is 3.63. The van der Waals surface area contributed by atoms with Crippen molar-refractivity contribution in [1.29, 1.82) is 0 Å². The minimum Gasteiger partial charge on any atom is -0.369 e. The summed E-state index contributed by atoms with van der Waals surface area (Å²) in [5.74, 6) is -1.15. The molecule has 1 aliphatic rings. The Morgan fingerprint density at radius 2 is 1.77 bits per heavy atom. The van der Waals surface area contributed by atoms with Crippen LogP contribution in [-0.4, -0.2) is 19.6 Å². The summed E-state index contributed by atoms with van der Waals surface area (Å²) < 4.78 is 22.1. The second-order valence-electron chi connectivity index (χ2n) is 3.42. The average Bonchev–Trinajstić information content (AvgIpc) is 2.03. The number of nitrogens with two attached hydrogens (primary N) is 2. The first-order valence-corrected chi connectivity index (χ1v) is 5.85. The van der Waals surface area contributed by atoms with Crippen molar-refractivity contribution < 1.29 is 13.2 Å². The minimum atomic E-state index is -3.62. The Kier molecular flexibility index (Phi) is 2.92. The van der Waals surface area contributed by atoms with Gasteiger partial charge in [-0.1, -0.05) is 12.8 Å². The van der Waals surface area contributed by atoms with Gasteiger partial charge in [0.2, 0.25) is 15.9 Å². The van der Waals surface area contributed by atoms with Gasteiger partial charge in [-0.2, -0.15) is 0 Å². The predicted molar refractivity (Wildman–Crippen MR) is 48.0 cm³/mol. The highest BCUT2D eigenvalue weighted by Crippen LogP contribution is 2.28. The fraction of sp³-hybridized carbons (Fsp3) is 0.857. The molecule has 0 spiro atoms. The van der Waals surface area contributed by atoms with Gasteiger partial charge in [-0.15, -0.1) is 0 Å². The molecule has 4 N–H and O–H groups in total. The highest BCUT2D eigenvalue weighted by molar-refractivity contribution is 7.89. The van der Waals surface area contributed by atoms with Crippen molar-refractivity contribution >= 4 is 15.9 Å². The van der Waals surface area contributed by atoms with Crippen LogP contribution in [0.3, 0.4) is 0 Å². The van der Waals surface area contributed by atoms with Gasteiger partial charge in [-0.3, -0.25) is 4.79 Å². The largest absolute Gasteiger partial charge is 0.369 e. The molecule has 0 aromatic rings. The van der Waals surface area contributed by atoms with Gasteiger partial charge in [0.05, 0.1) is 11.2 Å². The molecule has 1 fully saturated rings. The Balaban J connectivity index is 2.86. The van der Waals surface area contributed by atoms with Crippen LogP contribution in [0.1, 0.15) is 25.7 Å². The van der Waals surface area contributed by atoms with Crippen LogP contribution in [0.15, 0.2) is 0 Å². The summed E-state index contributed by atoms with van der Waals surface area (Å²) in [6.45, 7) is 0. The van der Waals surface area contributed by atoms with Crippen molar-refractivity contribution in [1.82, 2.24) is 0 Å². The molecule has 76 valence electrons. The van der Waals surface area contributed by atoms with Crippen molar-refractivity contribution in [3.63, 3.8) is 0 Å². The first kappa shape index (κ1) is 10.5. The molecular formula is C7H14N2O3S. The van der Waals surface area contributed by atoms with Gasteiger partial charge in [0.25, 0.3) is 0 Å². The zero-order valence-electron chi connectivity index (χ0n) is 7.27. The normalized spacial score (nSPS) is 29.9. The Bertz CT molecular complexity index is 299. The number of sulfonamides is 1. The second-order valence-corrected chi connectivity index (χ2v) is 5.20. The molecule has 0 saturated heterocycles. The molecular weight excluding hydrogens is 192 g/mol. The van der Waals surface area contributed by atoms with E-state index in [-0.39, 0.29) is 0 Å². The molecule has 0 unspecified atom stereocenters. The zero-order chi connectivity index (χ0) is 10.1. The van der Waals surface area contributed by atoms with Crippen LogP contribution in [0.2, 0.25) is 0 Å². The monoisotopic (exact) mass is 206 g/mol. The lowest BCUT2D eigenvalue weighted by Crippen LogP contribution is -2.43. The Labute approximate surface area is 77.5 Å². The summed E-state index contributed by atoms with van der Waals surface area (Å²) >= 11 is 0. The lowest BCUT2D eigenvalue weighted by molar-refractivity contribution is -0.122. The van der Waals surface area contributed by atoms with E-state index in [2.05, 4.69) is 0 Å². The number of primary sulfonamides is 1. The Morgan fingerprint density at radius 3 is 2.15 bits per heavy atom. The molecule has 1 aliphatic carbocycles. The molecule has 1 rings (SSSR count). The van der Waals surface area contributed by atoms with Crippen LogP contribution < -0.4 is 10.9 Å². The third kappa shape index (κ3) is 2.41. The maximum Gasteiger partial charge on any atom is 0.221 e. The summed E-state index contributed by atoms with van der Waals surface area (Å²) in [5.41, 5.74) is 5.10. The first-order chi connectivity index (χ1) is 5.93. The van der Waals surface area contributed by atoms with Crippen molar-refractivity contribution in [2.75, 3.05) is 0 Å². The third-order valence-corrected chi connectivity index (χ3v) is 3.90. The maximum absolute atomic E-state index is 11.1. The molecule has 0 radical (unpaired) electrons. The van der Waals surface area contributed by atoms with Gasteiger partial charge >= 0.3 is 0 Å². The molecule has 0 aromatic carbocycles. The molecule has 0 aliphatic heterocycles. The van der Waals surface area contributed by atoms with Crippen molar-refractivity contribution in [2.45, 2.75) is 30.9 Å². The van der Waals surface area contributed by atoms with E-state index in [4.69, 9.17) is 10.9 Å². The van der Waals surface area contributed by atoms with Crippen molar-refractivity contribution in [3.05, 3.63) is 0 Å². The summed E-state index contributed by atoms with van der Waals surface area (Å²) in [5, 5.41) is 4.24. The summed E-state index contributed by atoms with van der Waals surface area (Å²) in [7, 11) is -3.62. The van der Waals surface area contributed by atoms with Crippen LogP contribution in [0, 0.1) is 5.92 Å². The van der Waals surface area contributed by atoms with E-state index >= 15 is 0 Å². The van der Waals surface area contributed by atoms with Crippen molar-refractivity contribution in [2.24, 2.45) is 16.8 Å². The number of primary amides is 1. The highest BCUT2D eigenvalue weighted by atomic mass is 32.2. The van der Waals surface area contributed by atoms with Crippen molar-refractivity contribution in [3.8, 4) is 0 Å². The van der Waals surface area contributed by atoms with E-state index < -0.39 is 27.1 Å². The molecule has 0 heterocycles. The molecule has 0 aromatic heterocycles. The van der Waals surface area contributed by atoms with Gasteiger partial charge in [0.15, 0.2) is 0 Å². The fourth-order valence-electron chi connectivity index (χ4n) is 1.82. The van der Waals surface area contributed by atoms with E-state index in [1.54, 1.807) is 0 Å². The van der Waals surface area contributed by atoms with Crippen LogP contribution in [-0.2, 0) is 14.8 Å². The van der Waals surface area contributed by atoms with E-state index in [1.165, 1.54) is 0 Å². The summed E-state index contributed by atoms with van der Waals surface area (Å²) in [4.78, 5) is 10.9. The fourth-order valence-corrected chi connectivity index (χ4v) is 3.04. The number of carbonyl (C=O) groups is 1. The minimum absolute atomic E-state index is 0.451. The molecule has 1 amide bonds. The topological polar surface area (TPSA) is 103 Å². The van der Waals surface area contributed by atoms with Crippen LogP contribution in [0.4, 0.5) is 0 Å². The van der Waals surface area contributed by atoms with E-state index in [9.17, 15) is 13.2 Å². The van der Waals surface area contributed by atoms with Gasteiger partial charge in [-0.05, 0) is 12.8 Å². The lowest BCUT2D eigenvalue weighted by Gasteiger charge is -2.26. The Morgan fingerprint density at radius 1 is 1.23 bits per heavy atom. The molecule has 6 heteroatoms. The smallest absolute Gasteiger partial charge is 0.221 e.